The molecule has 1 aromatic rings. The largest absolute Gasteiger partial charge is 0.493 e. The van der Waals surface area contributed by atoms with Gasteiger partial charge in [-0.15, -0.1) is 0 Å². The number of hydrogen-bond acceptors (Lipinski definition) is 3. The van der Waals surface area contributed by atoms with Crippen LogP contribution < -0.4 is 4.74 Å². The summed E-state index contributed by atoms with van der Waals surface area (Å²) in [7, 11) is 3.46. The van der Waals surface area contributed by atoms with Crippen molar-refractivity contribution in [3.8, 4) is 5.75 Å². The van der Waals surface area contributed by atoms with Crippen molar-refractivity contribution in [2.24, 2.45) is 18.9 Å². The van der Waals surface area contributed by atoms with Crippen molar-refractivity contribution in [2.75, 3.05) is 7.11 Å². The molecule has 1 aliphatic carbocycles. The summed E-state index contributed by atoms with van der Waals surface area (Å²) < 4.78 is 6.96. The quantitative estimate of drug-likeness (QED) is 0.849. The summed E-state index contributed by atoms with van der Waals surface area (Å²) in [5, 5.41) is 14.7. The molecular formula is C12H20N2O2. The Bertz CT molecular complexity index is 378. The van der Waals surface area contributed by atoms with E-state index in [4.69, 9.17) is 4.74 Å². The van der Waals surface area contributed by atoms with Crippen molar-refractivity contribution in [3.63, 3.8) is 0 Å². The molecule has 0 bridgehead atoms. The van der Waals surface area contributed by atoms with Crippen LogP contribution in [0.4, 0.5) is 0 Å². The summed E-state index contributed by atoms with van der Waals surface area (Å²) in [5.41, 5.74) is 0.0674. The molecule has 0 unspecified atom stereocenters. The Morgan fingerprint density at radius 3 is 2.69 bits per heavy atom. The van der Waals surface area contributed by atoms with Crippen LogP contribution in [0.15, 0.2) is 6.20 Å². The molecule has 1 heterocycles. The van der Waals surface area contributed by atoms with Gasteiger partial charge in [-0.2, -0.15) is 5.10 Å². The summed E-state index contributed by atoms with van der Waals surface area (Å²) in [6.07, 6.45) is 3.27. The second kappa shape index (κ2) is 3.77. The normalized spacial score (nSPS) is 29.2. The predicted octanol–water partition coefficient (Wildman–Crippen LogP) is 1.68. The minimum absolute atomic E-state index is 0.601. The summed E-state index contributed by atoms with van der Waals surface area (Å²) in [4.78, 5) is 0. The van der Waals surface area contributed by atoms with E-state index in [0.29, 0.717) is 17.6 Å². The highest BCUT2D eigenvalue weighted by atomic mass is 16.5. The van der Waals surface area contributed by atoms with Gasteiger partial charge in [-0.1, -0.05) is 13.8 Å². The minimum Gasteiger partial charge on any atom is -0.493 e. The zero-order valence-corrected chi connectivity index (χ0v) is 10.4. The van der Waals surface area contributed by atoms with E-state index in [-0.39, 0.29) is 0 Å². The van der Waals surface area contributed by atoms with E-state index in [1.807, 2.05) is 7.05 Å². The smallest absolute Gasteiger partial charge is 0.162 e. The van der Waals surface area contributed by atoms with Gasteiger partial charge < -0.3 is 9.84 Å². The molecule has 2 rings (SSSR count). The Labute approximate surface area is 96.2 Å². The van der Waals surface area contributed by atoms with Crippen molar-refractivity contribution < 1.29 is 9.84 Å². The fourth-order valence-corrected chi connectivity index (χ4v) is 2.57. The van der Waals surface area contributed by atoms with Crippen molar-refractivity contribution >= 4 is 0 Å². The number of rotatable bonds is 3. The van der Waals surface area contributed by atoms with Crippen LogP contribution in [0.2, 0.25) is 0 Å². The molecule has 1 fully saturated rings. The van der Waals surface area contributed by atoms with E-state index in [0.717, 1.165) is 18.5 Å². The van der Waals surface area contributed by atoms with Crippen LogP contribution in [0.5, 0.6) is 5.75 Å². The van der Waals surface area contributed by atoms with E-state index in [2.05, 4.69) is 18.9 Å². The third kappa shape index (κ3) is 1.61. The van der Waals surface area contributed by atoms with E-state index in [9.17, 15) is 5.11 Å². The monoisotopic (exact) mass is 224 g/mol. The van der Waals surface area contributed by atoms with Gasteiger partial charge in [0.1, 0.15) is 11.3 Å². The second-order valence-corrected chi connectivity index (χ2v) is 5.13. The lowest BCUT2D eigenvalue weighted by molar-refractivity contribution is -0.1000. The van der Waals surface area contributed by atoms with E-state index < -0.39 is 5.60 Å². The van der Waals surface area contributed by atoms with Gasteiger partial charge in [0.05, 0.1) is 13.3 Å². The molecule has 0 spiro atoms. The summed E-state index contributed by atoms with van der Waals surface area (Å²) in [6, 6.07) is 0. The number of ether oxygens (including phenoxy) is 1. The van der Waals surface area contributed by atoms with Gasteiger partial charge in [0.15, 0.2) is 5.75 Å². The molecule has 0 aliphatic heterocycles. The van der Waals surface area contributed by atoms with Gasteiger partial charge in [-0.3, -0.25) is 4.68 Å². The molecule has 1 saturated carbocycles. The SMILES string of the molecule is COc1cnn(C)c1C1(O)CC(C(C)C)C1. The van der Waals surface area contributed by atoms with E-state index in [1.54, 1.807) is 18.0 Å². The molecular weight excluding hydrogens is 204 g/mol. The van der Waals surface area contributed by atoms with Gasteiger partial charge in [0.2, 0.25) is 0 Å². The van der Waals surface area contributed by atoms with Crippen LogP contribution in [0.1, 0.15) is 32.4 Å². The van der Waals surface area contributed by atoms with Gasteiger partial charge in [0, 0.05) is 7.05 Å². The van der Waals surface area contributed by atoms with Crippen molar-refractivity contribution in [2.45, 2.75) is 32.3 Å². The molecule has 0 atom stereocenters. The Hall–Kier alpha value is -1.03. The number of hydrogen-bond donors (Lipinski definition) is 1. The summed E-state index contributed by atoms with van der Waals surface area (Å²) >= 11 is 0. The van der Waals surface area contributed by atoms with Crippen LogP contribution in [0.3, 0.4) is 0 Å². The average molecular weight is 224 g/mol. The first-order chi connectivity index (χ1) is 7.48. The molecule has 0 saturated heterocycles. The number of aromatic nitrogens is 2. The van der Waals surface area contributed by atoms with Crippen molar-refractivity contribution in [1.82, 2.24) is 9.78 Å². The number of aliphatic hydroxyl groups is 1. The molecule has 0 aromatic carbocycles. The maximum atomic E-state index is 10.5. The highest BCUT2D eigenvalue weighted by Crippen LogP contribution is 2.50. The molecule has 16 heavy (non-hydrogen) atoms. The fraction of sp³-hybridized carbons (Fsp3) is 0.750. The lowest BCUT2D eigenvalue weighted by Crippen LogP contribution is -2.44. The molecule has 90 valence electrons. The highest BCUT2D eigenvalue weighted by molar-refractivity contribution is 5.32. The van der Waals surface area contributed by atoms with Crippen molar-refractivity contribution in [3.05, 3.63) is 11.9 Å². The number of nitrogens with zero attached hydrogens (tertiary/aromatic N) is 2. The van der Waals surface area contributed by atoms with Crippen LogP contribution >= 0.6 is 0 Å². The van der Waals surface area contributed by atoms with Crippen LogP contribution in [-0.2, 0) is 12.6 Å². The lowest BCUT2D eigenvalue weighted by atomic mass is 9.65. The number of methoxy groups -OCH3 is 1. The average Bonchev–Trinajstić information content (AvgIpc) is 2.54. The standard InChI is InChI=1S/C12H20N2O2/c1-8(2)9-5-12(15,6-9)11-10(16-4)7-13-14(11)3/h7-9,15H,5-6H2,1-4H3. The maximum absolute atomic E-state index is 10.5. The lowest BCUT2D eigenvalue weighted by Gasteiger charge is -2.45. The van der Waals surface area contributed by atoms with E-state index >= 15 is 0 Å². The Kier molecular flexibility index (Phi) is 2.70. The van der Waals surface area contributed by atoms with Gasteiger partial charge in [-0.25, -0.2) is 0 Å². The Balaban J connectivity index is 2.22. The predicted molar refractivity (Wildman–Crippen MR) is 61.2 cm³/mol. The fourth-order valence-electron chi connectivity index (χ4n) is 2.57. The van der Waals surface area contributed by atoms with Gasteiger partial charge in [0.25, 0.3) is 0 Å². The van der Waals surface area contributed by atoms with Crippen LogP contribution in [0, 0.1) is 11.8 Å². The van der Waals surface area contributed by atoms with Gasteiger partial charge >= 0.3 is 0 Å². The van der Waals surface area contributed by atoms with Crippen LogP contribution in [-0.4, -0.2) is 22.0 Å². The first-order valence-corrected chi connectivity index (χ1v) is 5.77. The second-order valence-electron chi connectivity index (χ2n) is 5.13. The molecule has 4 nitrogen and oxygen atoms in total. The first kappa shape index (κ1) is 11.5. The van der Waals surface area contributed by atoms with E-state index in [1.165, 1.54) is 0 Å². The van der Waals surface area contributed by atoms with Crippen LogP contribution in [0.25, 0.3) is 0 Å². The summed E-state index contributed by atoms with van der Waals surface area (Å²) in [5.74, 6) is 1.91. The third-order valence-corrected chi connectivity index (χ3v) is 3.71. The third-order valence-electron chi connectivity index (χ3n) is 3.71. The van der Waals surface area contributed by atoms with Gasteiger partial charge in [-0.05, 0) is 24.7 Å². The highest BCUT2D eigenvalue weighted by Gasteiger charge is 2.48. The molecule has 0 amide bonds. The maximum Gasteiger partial charge on any atom is 0.162 e. The Morgan fingerprint density at radius 2 is 2.19 bits per heavy atom. The molecule has 4 heteroatoms. The summed E-state index contributed by atoms with van der Waals surface area (Å²) in [6.45, 7) is 4.40. The minimum atomic E-state index is -0.745. The zero-order valence-electron chi connectivity index (χ0n) is 10.4. The Morgan fingerprint density at radius 1 is 1.56 bits per heavy atom. The molecule has 1 N–H and O–H groups in total. The van der Waals surface area contributed by atoms with Crippen molar-refractivity contribution in [1.29, 1.82) is 0 Å². The zero-order chi connectivity index (χ0) is 11.9. The molecule has 0 radical (unpaired) electrons. The topological polar surface area (TPSA) is 47.3 Å². The first-order valence-electron chi connectivity index (χ1n) is 5.77. The number of aryl methyl sites for hydroxylation is 1. The molecule has 1 aliphatic rings. The molecule has 1 aromatic heterocycles.